The Balaban J connectivity index is 4.01. The van der Waals surface area contributed by atoms with Crippen molar-refractivity contribution >= 4 is 0 Å². The molecule has 0 amide bonds. The molecule has 15 heavy (non-hydrogen) atoms. The Morgan fingerprint density at radius 3 is 2.07 bits per heavy atom. The summed E-state index contributed by atoms with van der Waals surface area (Å²) in [7, 11) is 3.73. The molecule has 0 aromatic carbocycles. The van der Waals surface area contributed by atoms with Gasteiger partial charge in [0.05, 0.1) is 6.54 Å². The zero-order chi connectivity index (χ0) is 12.1. The maximum Gasteiger partial charge on any atom is 0.401 e. The molecule has 1 N–H and O–H groups in total. The van der Waals surface area contributed by atoms with Crippen LogP contribution in [0.1, 0.15) is 20.3 Å². The van der Waals surface area contributed by atoms with Crippen LogP contribution in [0.25, 0.3) is 0 Å². The van der Waals surface area contributed by atoms with Crippen molar-refractivity contribution in [3.05, 3.63) is 0 Å². The second-order valence-electron chi connectivity index (χ2n) is 4.58. The maximum atomic E-state index is 12.0. The highest BCUT2D eigenvalue weighted by atomic mass is 19.4. The molecule has 0 radical (unpaired) electrons. The van der Waals surface area contributed by atoms with Crippen molar-refractivity contribution in [3.63, 3.8) is 0 Å². The molecule has 92 valence electrons. The number of halogens is 3. The quantitative estimate of drug-likeness (QED) is 0.746. The van der Waals surface area contributed by atoms with Crippen molar-refractivity contribution in [3.8, 4) is 0 Å². The number of alkyl halides is 3. The minimum atomic E-state index is -4.12. The molecular formula is C10H21F3N2. The fourth-order valence-electron chi connectivity index (χ4n) is 1.49. The van der Waals surface area contributed by atoms with E-state index >= 15 is 0 Å². The molecule has 0 aliphatic rings. The number of nitrogens with zero attached hydrogens (tertiary/aromatic N) is 1. The van der Waals surface area contributed by atoms with Gasteiger partial charge in [-0.15, -0.1) is 0 Å². The van der Waals surface area contributed by atoms with Gasteiger partial charge in [-0.25, -0.2) is 0 Å². The molecule has 0 heterocycles. The Morgan fingerprint density at radius 1 is 1.20 bits per heavy atom. The number of hydrogen-bond acceptors (Lipinski definition) is 2. The van der Waals surface area contributed by atoms with E-state index in [1.165, 1.54) is 0 Å². The van der Waals surface area contributed by atoms with Crippen LogP contribution in [0, 0.1) is 5.92 Å². The summed E-state index contributed by atoms with van der Waals surface area (Å²) in [4.78, 5) is 1.90. The van der Waals surface area contributed by atoms with E-state index in [0.29, 0.717) is 12.5 Å². The molecule has 0 spiro atoms. The summed E-state index contributed by atoms with van der Waals surface area (Å²) >= 11 is 0. The number of likely N-dealkylation sites (N-methyl/N-ethyl adjacent to an activating group) is 1. The molecule has 2 nitrogen and oxygen atoms in total. The van der Waals surface area contributed by atoms with Crippen molar-refractivity contribution in [1.82, 2.24) is 10.2 Å². The first-order chi connectivity index (χ1) is 6.70. The van der Waals surface area contributed by atoms with Gasteiger partial charge in [-0.2, -0.15) is 13.2 Å². The van der Waals surface area contributed by atoms with Crippen LogP contribution >= 0.6 is 0 Å². The molecule has 0 aliphatic carbocycles. The third-order valence-corrected chi connectivity index (χ3v) is 1.93. The van der Waals surface area contributed by atoms with E-state index in [-0.39, 0.29) is 6.04 Å². The SMILES string of the molecule is CC(C)CC(CN(C)C)NCC(F)(F)F. The molecule has 1 unspecified atom stereocenters. The lowest BCUT2D eigenvalue weighted by molar-refractivity contribution is -0.126. The van der Waals surface area contributed by atoms with Crippen molar-refractivity contribution < 1.29 is 13.2 Å². The van der Waals surface area contributed by atoms with Crippen molar-refractivity contribution in [2.75, 3.05) is 27.2 Å². The Kier molecular flexibility index (Phi) is 6.20. The molecule has 0 bridgehead atoms. The van der Waals surface area contributed by atoms with Crippen LogP contribution in [0.5, 0.6) is 0 Å². The fraction of sp³-hybridized carbons (Fsp3) is 1.00. The van der Waals surface area contributed by atoms with Gasteiger partial charge in [0.1, 0.15) is 0 Å². The highest BCUT2D eigenvalue weighted by Crippen LogP contribution is 2.14. The Hall–Kier alpha value is -0.290. The molecule has 0 saturated carbocycles. The average Bonchev–Trinajstić information content (AvgIpc) is 1.96. The summed E-state index contributed by atoms with van der Waals surface area (Å²) in [6, 6.07) is -0.0957. The molecule has 0 aromatic heterocycles. The second-order valence-corrected chi connectivity index (χ2v) is 4.58. The third kappa shape index (κ3) is 10.0. The predicted molar refractivity (Wildman–Crippen MR) is 55.9 cm³/mol. The first-order valence-electron chi connectivity index (χ1n) is 5.15. The summed E-state index contributed by atoms with van der Waals surface area (Å²) < 4.78 is 36.0. The van der Waals surface area contributed by atoms with Gasteiger partial charge >= 0.3 is 6.18 Å². The van der Waals surface area contributed by atoms with Crippen LogP contribution in [-0.2, 0) is 0 Å². The van der Waals surface area contributed by atoms with E-state index in [0.717, 1.165) is 6.42 Å². The van der Waals surface area contributed by atoms with Gasteiger partial charge in [0.2, 0.25) is 0 Å². The van der Waals surface area contributed by atoms with Crippen LogP contribution in [0.15, 0.2) is 0 Å². The largest absolute Gasteiger partial charge is 0.401 e. The van der Waals surface area contributed by atoms with Gasteiger partial charge in [0, 0.05) is 12.6 Å². The van der Waals surface area contributed by atoms with E-state index in [2.05, 4.69) is 5.32 Å². The first kappa shape index (κ1) is 14.7. The molecule has 0 fully saturated rings. The summed E-state index contributed by atoms with van der Waals surface area (Å²) in [5.41, 5.74) is 0. The average molecular weight is 226 g/mol. The summed E-state index contributed by atoms with van der Waals surface area (Å²) in [6.07, 6.45) is -3.37. The van der Waals surface area contributed by atoms with Crippen LogP contribution in [0.4, 0.5) is 13.2 Å². The summed E-state index contributed by atoms with van der Waals surface area (Å²) in [6.45, 7) is 3.75. The number of nitrogens with one attached hydrogen (secondary N) is 1. The topological polar surface area (TPSA) is 15.3 Å². The van der Waals surface area contributed by atoms with E-state index in [4.69, 9.17) is 0 Å². The minimum Gasteiger partial charge on any atom is -0.308 e. The van der Waals surface area contributed by atoms with Crippen molar-refractivity contribution in [2.24, 2.45) is 5.92 Å². The molecule has 0 saturated heterocycles. The molecule has 0 aromatic rings. The lowest BCUT2D eigenvalue weighted by Crippen LogP contribution is -2.43. The molecule has 0 rings (SSSR count). The summed E-state index contributed by atoms with van der Waals surface area (Å²) in [5, 5.41) is 2.56. The lowest BCUT2D eigenvalue weighted by Gasteiger charge is -2.24. The molecular weight excluding hydrogens is 205 g/mol. The van der Waals surface area contributed by atoms with Crippen LogP contribution in [0.2, 0.25) is 0 Å². The molecule has 1 atom stereocenters. The van der Waals surface area contributed by atoms with Gasteiger partial charge in [0.25, 0.3) is 0 Å². The smallest absolute Gasteiger partial charge is 0.308 e. The second kappa shape index (κ2) is 6.33. The third-order valence-electron chi connectivity index (χ3n) is 1.93. The molecule has 0 aliphatic heterocycles. The van der Waals surface area contributed by atoms with E-state index in [1.54, 1.807) is 0 Å². The zero-order valence-corrected chi connectivity index (χ0v) is 9.86. The van der Waals surface area contributed by atoms with Gasteiger partial charge in [-0.1, -0.05) is 13.8 Å². The predicted octanol–water partition coefficient (Wildman–Crippen LogP) is 2.11. The van der Waals surface area contributed by atoms with E-state index < -0.39 is 12.7 Å². The van der Waals surface area contributed by atoms with Gasteiger partial charge in [-0.05, 0) is 26.4 Å². The fourth-order valence-corrected chi connectivity index (χ4v) is 1.49. The van der Waals surface area contributed by atoms with Crippen LogP contribution in [0.3, 0.4) is 0 Å². The highest BCUT2D eigenvalue weighted by Gasteiger charge is 2.28. The van der Waals surface area contributed by atoms with E-state index in [9.17, 15) is 13.2 Å². The standard InChI is InChI=1S/C10H21F3N2/c1-8(2)5-9(6-15(3)4)14-7-10(11,12)13/h8-9,14H,5-7H2,1-4H3. The maximum absolute atomic E-state index is 12.0. The van der Waals surface area contributed by atoms with Crippen LogP contribution in [-0.4, -0.2) is 44.3 Å². The minimum absolute atomic E-state index is 0.0957. The number of rotatable bonds is 6. The summed E-state index contributed by atoms with van der Waals surface area (Å²) in [5.74, 6) is 0.399. The number of hydrogen-bond donors (Lipinski definition) is 1. The van der Waals surface area contributed by atoms with Gasteiger partial charge in [-0.3, -0.25) is 0 Å². The van der Waals surface area contributed by atoms with Crippen molar-refractivity contribution in [1.29, 1.82) is 0 Å². The Labute approximate surface area is 89.8 Å². The monoisotopic (exact) mass is 226 g/mol. The zero-order valence-electron chi connectivity index (χ0n) is 9.86. The highest BCUT2D eigenvalue weighted by molar-refractivity contribution is 4.72. The lowest BCUT2D eigenvalue weighted by atomic mass is 10.0. The Bertz CT molecular complexity index is 157. The normalized spacial score (nSPS) is 15.0. The van der Waals surface area contributed by atoms with Crippen LogP contribution < -0.4 is 5.32 Å². The Morgan fingerprint density at radius 2 is 1.73 bits per heavy atom. The molecule has 5 heteroatoms. The van der Waals surface area contributed by atoms with E-state index in [1.807, 2.05) is 32.8 Å². The van der Waals surface area contributed by atoms with Gasteiger partial charge < -0.3 is 10.2 Å². The van der Waals surface area contributed by atoms with Gasteiger partial charge in [0.15, 0.2) is 0 Å². The first-order valence-corrected chi connectivity index (χ1v) is 5.15. The van der Waals surface area contributed by atoms with Crippen molar-refractivity contribution in [2.45, 2.75) is 32.5 Å².